The summed E-state index contributed by atoms with van der Waals surface area (Å²) in [5.41, 5.74) is 1.56. The number of H-pyrrole nitrogens is 1. The van der Waals surface area contributed by atoms with Crippen LogP contribution in [0.5, 0.6) is 17.2 Å². The number of amides is 1. The summed E-state index contributed by atoms with van der Waals surface area (Å²) in [6, 6.07) is 13.5. The lowest BCUT2D eigenvalue weighted by atomic mass is 10.1. The van der Waals surface area contributed by atoms with Gasteiger partial charge in [-0.15, -0.1) is 10.2 Å². The molecule has 1 amide bonds. The number of benzene rings is 2. The molecule has 0 aliphatic carbocycles. The van der Waals surface area contributed by atoms with Crippen LogP contribution in [-0.2, 0) is 11.2 Å². The van der Waals surface area contributed by atoms with Crippen LogP contribution in [0.4, 0.5) is 5.69 Å². The van der Waals surface area contributed by atoms with Crippen LogP contribution in [0.1, 0.15) is 12.1 Å². The first-order valence-electron chi connectivity index (χ1n) is 11.4. The van der Waals surface area contributed by atoms with E-state index in [4.69, 9.17) is 14.2 Å². The number of nitrogens with one attached hydrogen (secondary N) is 1. The highest BCUT2D eigenvalue weighted by Crippen LogP contribution is 2.40. The van der Waals surface area contributed by atoms with E-state index in [1.807, 2.05) is 23.1 Å². The van der Waals surface area contributed by atoms with Crippen molar-refractivity contribution in [2.75, 3.05) is 52.4 Å². The number of ether oxygens (including phenoxy) is 3. The monoisotopic (exact) mass is 479 g/mol. The molecular weight excluding hydrogens is 450 g/mol. The van der Waals surface area contributed by atoms with E-state index in [0.29, 0.717) is 35.9 Å². The molecule has 2 heterocycles. The summed E-state index contributed by atoms with van der Waals surface area (Å²) in [7, 11) is 4.54. The van der Waals surface area contributed by atoms with Gasteiger partial charge < -0.3 is 29.0 Å². The van der Waals surface area contributed by atoms with Crippen LogP contribution in [0.15, 0.2) is 47.3 Å². The molecule has 184 valence electrons. The highest BCUT2D eigenvalue weighted by molar-refractivity contribution is 5.76. The van der Waals surface area contributed by atoms with E-state index >= 15 is 0 Å². The zero-order chi connectivity index (χ0) is 24.8. The number of para-hydroxylation sites is 1. The van der Waals surface area contributed by atoms with Gasteiger partial charge in [-0.1, -0.05) is 18.2 Å². The van der Waals surface area contributed by atoms with Crippen molar-refractivity contribution in [2.45, 2.75) is 12.8 Å². The molecule has 35 heavy (non-hydrogen) atoms. The molecule has 1 aromatic heterocycles. The van der Waals surface area contributed by atoms with Gasteiger partial charge in [-0.2, -0.15) is 0 Å². The minimum atomic E-state index is -0.384. The zero-order valence-electron chi connectivity index (χ0n) is 20.1. The second kappa shape index (κ2) is 10.9. The topological polar surface area (TPSA) is 110 Å². The maximum Gasteiger partial charge on any atom is 0.273 e. The van der Waals surface area contributed by atoms with Crippen LogP contribution < -0.4 is 24.7 Å². The third-order valence-corrected chi connectivity index (χ3v) is 6.03. The summed E-state index contributed by atoms with van der Waals surface area (Å²) in [6.07, 6.45) is 0.419. The number of piperazine rings is 1. The molecule has 4 rings (SSSR count). The van der Waals surface area contributed by atoms with Gasteiger partial charge in [-0.25, -0.2) is 0 Å². The van der Waals surface area contributed by atoms with Crippen LogP contribution in [0, 0.1) is 0 Å². The Hall–Kier alpha value is -4.08. The van der Waals surface area contributed by atoms with Crippen molar-refractivity contribution in [3.8, 4) is 28.6 Å². The van der Waals surface area contributed by atoms with E-state index in [0.717, 1.165) is 18.8 Å². The quantitative estimate of drug-likeness (QED) is 0.523. The largest absolute Gasteiger partial charge is 0.493 e. The first-order chi connectivity index (χ1) is 17.0. The minimum Gasteiger partial charge on any atom is -0.493 e. The highest BCUT2D eigenvalue weighted by Gasteiger charge is 2.22. The zero-order valence-corrected chi connectivity index (χ0v) is 20.1. The number of hydrogen-bond acceptors (Lipinski definition) is 8. The molecule has 1 saturated heterocycles. The summed E-state index contributed by atoms with van der Waals surface area (Å²) in [5, 5.41) is 8.25. The number of anilines is 1. The standard InChI is InChI=1S/C25H29N5O5/c1-33-20-15-17(16-21(34-2)23(20)35-3)24-26-25(32)19(27-28-24)9-10-22(31)30-13-11-29(12-14-30)18-7-5-4-6-8-18/h4-8,15-16H,9-14H2,1-3H3,(H,26,28,32). The number of hydrogen-bond donors (Lipinski definition) is 1. The molecule has 0 bridgehead atoms. The average Bonchev–Trinajstić information content (AvgIpc) is 2.91. The SMILES string of the molecule is COc1cc(-c2nnc(CCC(=O)N3CCN(c4ccccc4)CC3)c(=O)[nH]2)cc(OC)c1OC. The lowest BCUT2D eigenvalue weighted by Crippen LogP contribution is -2.48. The molecule has 0 saturated carbocycles. The van der Waals surface area contributed by atoms with Crippen molar-refractivity contribution in [3.05, 3.63) is 58.5 Å². The van der Waals surface area contributed by atoms with Crippen molar-refractivity contribution < 1.29 is 19.0 Å². The first kappa shape index (κ1) is 24.1. The second-order valence-corrected chi connectivity index (χ2v) is 8.07. The normalized spacial score (nSPS) is 13.5. The Morgan fingerprint density at radius 2 is 1.60 bits per heavy atom. The molecule has 0 unspecified atom stereocenters. The van der Waals surface area contributed by atoms with Crippen LogP contribution in [0.3, 0.4) is 0 Å². The minimum absolute atomic E-state index is 0.00705. The molecule has 1 aliphatic rings. The molecule has 0 atom stereocenters. The number of aromatic amines is 1. The predicted molar refractivity (Wildman–Crippen MR) is 131 cm³/mol. The van der Waals surface area contributed by atoms with Gasteiger partial charge in [-0.05, 0) is 24.3 Å². The first-order valence-corrected chi connectivity index (χ1v) is 11.4. The molecule has 1 fully saturated rings. The molecule has 3 aromatic rings. The maximum atomic E-state index is 12.7. The molecule has 10 heteroatoms. The third kappa shape index (κ3) is 5.37. The molecule has 0 radical (unpaired) electrons. The van der Waals surface area contributed by atoms with Crippen LogP contribution >= 0.6 is 0 Å². The Labute approximate surface area is 203 Å². The Morgan fingerprint density at radius 1 is 0.943 bits per heavy atom. The maximum absolute atomic E-state index is 12.7. The number of carbonyl (C=O) groups excluding carboxylic acids is 1. The van der Waals surface area contributed by atoms with Gasteiger partial charge in [0.1, 0.15) is 5.69 Å². The van der Waals surface area contributed by atoms with Gasteiger partial charge in [-0.3, -0.25) is 9.59 Å². The number of aryl methyl sites for hydroxylation is 1. The predicted octanol–water partition coefficient (Wildman–Crippen LogP) is 2.14. The van der Waals surface area contributed by atoms with E-state index in [1.165, 1.54) is 21.3 Å². The van der Waals surface area contributed by atoms with E-state index in [-0.39, 0.29) is 35.8 Å². The molecule has 2 aromatic carbocycles. The van der Waals surface area contributed by atoms with Crippen LogP contribution in [0.25, 0.3) is 11.4 Å². The van der Waals surface area contributed by atoms with E-state index in [1.54, 1.807) is 12.1 Å². The number of aromatic nitrogens is 3. The Balaban J connectivity index is 1.38. The van der Waals surface area contributed by atoms with Crippen molar-refractivity contribution >= 4 is 11.6 Å². The summed E-state index contributed by atoms with van der Waals surface area (Å²) in [5.74, 6) is 1.58. The Morgan fingerprint density at radius 3 is 2.17 bits per heavy atom. The molecule has 0 spiro atoms. The van der Waals surface area contributed by atoms with Gasteiger partial charge in [0.25, 0.3) is 5.56 Å². The van der Waals surface area contributed by atoms with Gasteiger partial charge in [0.15, 0.2) is 17.3 Å². The lowest BCUT2D eigenvalue weighted by Gasteiger charge is -2.36. The van der Waals surface area contributed by atoms with Gasteiger partial charge in [0.2, 0.25) is 11.7 Å². The van der Waals surface area contributed by atoms with E-state index < -0.39 is 0 Å². The smallest absolute Gasteiger partial charge is 0.273 e. The number of carbonyl (C=O) groups is 1. The van der Waals surface area contributed by atoms with E-state index in [2.05, 4.69) is 32.2 Å². The highest BCUT2D eigenvalue weighted by atomic mass is 16.5. The molecule has 10 nitrogen and oxygen atoms in total. The van der Waals surface area contributed by atoms with Crippen LogP contribution in [-0.4, -0.2) is 73.5 Å². The van der Waals surface area contributed by atoms with Crippen molar-refractivity contribution in [2.24, 2.45) is 0 Å². The number of methoxy groups -OCH3 is 3. The summed E-state index contributed by atoms with van der Waals surface area (Å²) < 4.78 is 16.0. The molecule has 1 N–H and O–H groups in total. The lowest BCUT2D eigenvalue weighted by molar-refractivity contribution is -0.131. The van der Waals surface area contributed by atoms with Crippen molar-refractivity contribution in [1.29, 1.82) is 0 Å². The molecular formula is C25H29N5O5. The molecule has 1 aliphatic heterocycles. The fraction of sp³-hybridized carbons (Fsp3) is 0.360. The summed E-state index contributed by atoms with van der Waals surface area (Å²) in [6.45, 7) is 2.85. The fourth-order valence-corrected chi connectivity index (χ4v) is 4.11. The Bertz CT molecular complexity index is 1200. The third-order valence-electron chi connectivity index (χ3n) is 6.03. The Kier molecular flexibility index (Phi) is 7.49. The van der Waals surface area contributed by atoms with Crippen molar-refractivity contribution in [1.82, 2.24) is 20.1 Å². The summed E-state index contributed by atoms with van der Waals surface area (Å²) in [4.78, 5) is 32.2. The number of rotatable bonds is 8. The van der Waals surface area contributed by atoms with E-state index in [9.17, 15) is 9.59 Å². The van der Waals surface area contributed by atoms with Crippen molar-refractivity contribution in [3.63, 3.8) is 0 Å². The van der Waals surface area contributed by atoms with Gasteiger partial charge in [0.05, 0.1) is 21.3 Å². The average molecular weight is 480 g/mol. The second-order valence-electron chi connectivity index (χ2n) is 8.07. The number of nitrogens with zero attached hydrogens (tertiary/aromatic N) is 4. The fourth-order valence-electron chi connectivity index (χ4n) is 4.11. The van der Waals surface area contributed by atoms with Gasteiger partial charge in [0, 0.05) is 50.3 Å². The van der Waals surface area contributed by atoms with Crippen LogP contribution in [0.2, 0.25) is 0 Å². The van der Waals surface area contributed by atoms with Gasteiger partial charge >= 0.3 is 0 Å². The summed E-state index contributed by atoms with van der Waals surface area (Å²) >= 11 is 0.